The van der Waals surface area contributed by atoms with Gasteiger partial charge in [0.2, 0.25) is 0 Å². The highest BCUT2D eigenvalue weighted by molar-refractivity contribution is 6.19. The number of ether oxygens (including phenoxy) is 5. The maximum Gasteiger partial charge on any atom is 0.306 e. The van der Waals surface area contributed by atoms with Gasteiger partial charge in [0, 0.05) is 52.6 Å². The molecule has 9 fully saturated rings. The van der Waals surface area contributed by atoms with E-state index in [1.807, 2.05) is 97.2 Å². The third-order valence-electron chi connectivity index (χ3n) is 41.4. The number of Topliss-reactive ketones (excluding diaryl/α,β-unsaturated/α-hetero) is 6. The number of fused-ring (bicyclic) bond motifs is 21. The lowest BCUT2D eigenvalue weighted by molar-refractivity contribution is -0.151. The van der Waals surface area contributed by atoms with Gasteiger partial charge in [0.05, 0.1) is 54.8 Å². The van der Waals surface area contributed by atoms with Gasteiger partial charge in [-0.3, -0.25) is 33.6 Å². The van der Waals surface area contributed by atoms with Crippen LogP contribution in [0.1, 0.15) is 389 Å². The van der Waals surface area contributed by atoms with Crippen molar-refractivity contribution in [2.24, 2.45) is 157 Å². The number of carbonyl (C=O) groups excluding carboxylic acids is 7. The maximum absolute atomic E-state index is 13.3. The molecule has 138 heavy (non-hydrogen) atoms. The van der Waals surface area contributed by atoms with E-state index in [-0.39, 0.29) is 82.1 Å². The minimum absolute atomic E-state index is 0.00240. The van der Waals surface area contributed by atoms with Gasteiger partial charge in [-0.1, -0.05) is 249 Å². The molecule has 0 bridgehead atoms. The molecule has 0 heterocycles. The zero-order chi connectivity index (χ0) is 96.3. The van der Waals surface area contributed by atoms with Gasteiger partial charge in [0.25, 0.3) is 0 Å². The molecule has 21 rings (SSSR count). The van der Waals surface area contributed by atoms with E-state index in [2.05, 4.69) is 101 Å². The lowest BCUT2D eigenvalue weighted by Gasteiger charge is -2.58. The highest BCUT2D eigenvalue weighted by atomic mass is 16.5. The molecule has 0 radical (unpaired) electrons. The Morgan fingerprint density at radius 3 is 1.04 bits per heavy atom. The summed E-state index contributed by atoms with van der Waals surface area (Å²) in [6.07, 6.45) is 78.7. The predicted octanol–water partition coefficient (Wildman–Crippen LogP) is 30.2. The lowest BCUT2D eigenvalue weighted by atomic mass is 9.47. The fourth-order valence-electron chi connectivity index (χ4n) is 33.5. The molecule has 27 atom stereocenters. The molecule has 0 aliphatic heterocycles. The topological polar surface area (TPSA) is 166 Å². The van der Waals surface area contributed by atoms with Gasteiger partial charge < -0.3 is 23.7 Å². The summed E-state index contributed by atoms with van der Waals surface area (Å²) >= 11 is 0. The molecular formula is C126H166O12. The normalized spacial score (nSPS) is 37.6. The van der Waals surface area contributed by atoms with Gasteiger partial charge in [-0.05, 0) is 343 Å². The van der Waals surface area contributed by atoms with Crippen molar-refractivity contribution in [3.05, 3.63) is 196 Å². The van der Waals surface area contributed by atoms with Crippen molar-refractivity contribution in [1.82, 2.24) is 0 Å². The SMILES string of the molecule is CC(C)CCCCC1CCC2C3CC=C4CC(OC(=O)CCCOc5ccc6c(c5)C(=O)C5C=CC=CC5C6=O)CCC4(C)C3CCC12C.CC(C)CCCCC1CCC2C3CC=C4CC(OCCOc5ccc6c(c5)C(=O)C5C=CC=CC5C6=O)CCC4(C)C3CCC12C.CC(C)CCCCC1CCC2C3CC=C4CC(Oc5ccc6c(c5)C(=O)C5C=CC=CC5C6=O)CCC4(C)C3CCC12C. The van der Waals surface area contributed by atoms with Gasteiger partial charge in [-0.15, -0.1) is 0 Å². The van der Waals surface area contributed by atoms with Gasteiger partial charge in [-0.25, -0.2) is 0 Å². The number of unbranched alkanes of at least 4 members (excludes halogenated alkanes) is 3. The predicted molar refractivity (Wildman–Crippen MR) is 551 cm³/mol. The first kappa shape index (κ1) is 98.9. The fraction of sp³-hybridized carbons (Fsp3) is 0.659. The van der Waals surface area contributed by atoms with E-state index in [0.717, 1.165) is 139 Å². The van der Waals surface area contributed by atoms with Crippen LogP contribution in [0.3, 0.4) is 0 Å². The second-order valence-corrected chi connectivity index (χ2v) is 49.9. The first-order chi connectivity index (χ1) is 66.5. The van der Waals surface area contributed by atoms with Gasteiger partial charge in [-0.2, -0.15) is 0 Å². The monoisotopic (exact) mass is 1870 g/mol. The average molecular weight is 1870 g/mol. The average Bonchev–Trinajstić information content (AvgIpc) is 1.51. The van der Waals surface area contributed by atoms with E-state index in [0.29, 0.717) is 105 Å². The molecule has 9 saturated carbocycles. The summed E-state index contributed by atoms with van der Waals surface area (Å²) < 4.78 is 31.0. The molecule has 12 heteroatoms. The molecule has 3 aromatic rings. The van der Waals surface area contributed by atoms with Crippen LogP contribution in [-0.2, 0) is 14.3 Å². The zero-order valence-electron chi connectivity index (χ0n) is 86.1. The third-order valence-corrected chi connectivity index (χ3v) is 41.4. The van der Waals surface area contributed by atoms with Crippen LogP contribution in [0, 0.1) is 157 Å². The summed E-state index contributed by atoms with van der Waals surface area (Å²) in [6.45, 7) is 31.2. The Kier molecular flexibility index (Phi) is 29.5. The quantitative estimate of drug-likeness (QED) is 0.0384. The standard InChI is InChI=1S/C44H58O5.C42H56O4.C40H52O3/c1-28(2)10-5-6-11-29-16-20-38-36-18-15-30-26-32(21-23-44(30,4)39(36)22-24-43(29,38)3)49-40(45)14-9-25-48-31-17-19-35-37(27-31)42(47)34-13-8-7-12-33(34)41(35)46;1-27(2)9-5-6-10-28-14-18-37-35-16-13-29-25-31(19-21-42(29,4)38(35)20-22-41(28,37)3)46-24-23-45-30-15-17-34-36(26-30)40(44)33-12-8-7-11-32(33)39(34)43;1-25(2)9-5-6-10-26-14-18-35-33-16-13-27-23-29(19-21-40(27,4)36(33)20-22-39(26,35)3)43-28-15-17-32-34(24-28)38(42)31-12-8-7-11-30(31)37(32)41/h7-8,12-13,15,17,19,27-29,32-34,36,38-39H,5-6,9-11,14,16,18,20-26H2,1-4H3;7-8,11-13,15,17,26-28,31-33,35,37-38H,5-6,9-10,14,16,18-25H2,1-4H3;7-8,11-13,15,17,24-26,29-31,33,35-36H,5-6,9-10,14,16,18-23H2,1-4H3. The van der Waals surface area contributed by atoms with Crippen molar-refractivity contribution in [2.75, 3.05) is 19.8 Å². The summed E-state index contributed by atoms with van der Waals surface area (Å²) in [4.78, 5) is 91.5. The van der Waals surface area contributed by atoms with Crippen LogP contribution >= 0.6 is 0 Å². The highest BCUT2D eigenvalue weighted by Gasteiger charge is 2.63. The smallest absolute Gasteiger partial charge is 0.306 e. The van der Waals surface area contributed by atoms with Crippen molar-refractivity contribution in [1.29, 1.82) is 0 Å². The number of esters is 1. The zero-order valence-corrected chi connectivity index (χ0v) is 86.1. The summed E-state index contributed by atoms with van der Waals surface area (Å²) in [5.74, 6) is 12.3. The summed E-state index contributed by atoms with van der Waals surface area (Å²) in [5.41, 5.74) is 10.3. The third kappa shape index (κ3) is 19.1. The van der Waals surface area contributed by atoms with Crippen molar-refractivity contribution >= 4 is 40.7 Å². The number of benzene rings is 3. The highest BCUT2D eigenvalue weighted by Crippen LogP contribution is 2.71. The Labute approximate surface area is 827 Å². The number of carbonyl (C=O) groups is 7. The number of allylic oxidation sites excluding steroid dienone is 15. The second kappa shape index (κ2) is 41.1. The van der Waals surface area contributed by atoms with Crippen LogP contribution in [0.4, 0.5) is 0 Å². The minimum atomic E-state index is -0.439. The van der Waals surface area contributed by atoms with E-state index < -0.39 is 17.8 Å². The molecule has 18 aliphatic carbocycles. The molecule has 0 aromatic heterocycles. The lowest BCUT2D eigenvalue weighted by Crippen LogP contribution is -2.50. The van der Waals surface area contributed by atoms with Crippen LogP contribution in [0.25, 0.3) is 0 Å². The van der Waals surface area contributed by atoms with Gasteiger partial charge >= 0.3 is 5.97 Å². The van der Waals surface area contributed by atoms with E-state index in [1.54, 1.807) is 47.1 Å². The van der Waals surface area contributed by atoms with Crippen molar-refractivity contribution in [3.63, 3.8) is 0 Å². The Bertz CT molecular complexity index is 5340. The Morgan fingerprint density at radius 1 is 0.333 bits per heavy atom. The molecule has 742 valence electrons. The van der Waals surface area contributed by atoms with E-state index in [9.17, 15) is 33.6 Å². The number of hydrogen-bond acceptors (Lipinski definition) is 12. The Hall–Kier alpha value is -7.83. The van der Waals surface area contributed by atoms with Crippen LogP contribution in [0.15, 0.2) is 162 Å². The van der Waals surface area contributed by atoms with Gasteiger partial charge in [0.15, 0.2) is 34.7 Å². The van der Waals surface area contributed by atoms with Crippen molar-refractivity contribution in [3.8, 4) is 17.2 Å². The number of hydrogen-bond donors (Lipinski definition) is 0. The van der Waals surface area contributed by atoms with Crippen LogP contribution in [0.5, 0.6) is 17.2 Å². The fourth-order valence-corrected chi connectivity index (χ4v) is 33.5. The molecule has 0 spiro atoms. The molecule has 18 aliphatic rings. The first-order valence-corrected chi connectivity index (χ1v) is 56.0. The van der Waals surface area contributed by atoms with Crippen LogP contribution in [-0.4, -0.2) is 78.8 Å². The molecule has 0 amide bonds. The number of ketones is 6. The van der Waals surface area contributed by atoms with Crippen LogP contribution in [0.2, 0.25) is 0 Å². The van der Waals surface area contributed by atoms with E-state index >= 15 is 0 Å². The second-order valence-electron chi connectivity index (χ2n) is 49.9. The Morgan fingerprint density at radius 2 is 0.659 bits per heavy atom. The Balaban J connectivity index is 0.000000133. The summed E-state index contributed by atoms with van der Waals surface area (Å²) in [7, 11) is 0. The number of rotatable bonds is 28. The van der Waals surface area contributed by atoms with Crippen molar-refractivity contribution in [2.45, 2.75) is 345 Å². The van der Waals surface area contributed by atoms with E-state index in [4.69, 9.17) is 23.7 Å². The van der Waals surface area contributed by atoms with Crippen molar-refractivity contribution < 1.29 is 57.2 Å². The maximum atomic E-state index is 13.3. The largest absolute Gasteiger partial charge is 0.494 e. The molecule has 27 unspecified atom stereocenters. The van der Waals surface area contributed by atoms with Gasteiger partial charge in [0.1, 0.15) is 36.1 Å². The summed E-state index contributed by atoms with van der Waals surface area (Å²) in [6, 6.07) is 16.0. The molecular weight excluding hydrogens is 1710 g/mol. The summed E-state index contributed by atoms with van der Waals surface area (Å²) in [5, 5.41) is 0. The van der Waals surface area contributed by atoms with Crippen LogP contribution < -0.4 is 14.2 Å². The van der Waals surface area contributed by atoms with E-state index in [1.165, 1.54) is 186 Å². The molecule has 0 saturated heterocycles. The molecule has 3 aromatic carbocycles. The minimum Gasteiger partial charge on any atom is -0.494 e. The molecule has 12 nitrogen and oxygen atoms in total. The molecule has 0 N–H and O–H groups in total. The first-order valence-electron chi connectivity index (χ1n) is 56.0.